The molecule has 0 aromatic heterocycles. The van der Waals surface area contributed by atoms with Gasteiger partial charge in [0, 0.05) is 11.8 Å². The molecule has 0 unspecified atom stereocenters. The maximum Gasteiger partial charge on any atom is 0.153 e. The summed E-state index contributed by atoms with van der Waals surface area (Å²) in [5.74, 6) is 0.562. The summed E-state index contributed by atoms with van der Waals surface area (Å²) >= 11 is 0. The van der Waals surface area contributed by atoms with Crippen molar-refractivity contribution in [2.24, 2.45) is 0 Å². The third-order valence-corrected chi connectivity index (χ3v) is 2.66. The smallest absolute Gasteiger partial charge is 0.153 e. The van der Waals surface area contributed by atoms with Crippen LogP contribution in [0.4, 0.5) is 0 Å². The molecule has 0 aliphatic heterocycles. The first kappa shape index (κ1) is 12.3. The minimum Gasteiger partial charge on any atom is -0.496 e. The zero-order chi connectivity index (χ0) is 12.2. The fourth-order valence-electron chi connectivity index (χ4n) is 1.55. The molecule has 1 aromatic carbocycles. The number of nitriles is 1. The second-order valence-corrected chi connectivity index (χ2v) is 4.29. The van der Waals surface area contributed by atoms with E-state index in [2.05, 4.69) is 6.07 Å². The lowest BCUT2D eigenvalue weighted by molar-refractivity contribution is 0.112. The van der Waals surface area contributed by atoms with Crippen LogP contribution in [0.25, 0.3) is 0 Å². The summed E-state index contributed by atoms with van der Waals surface area (Å²) in [7, 11) is 1.53. The number of hydrogen-bond donors (Lipinski definition) is 0. The van der Waals surface area contributed by atoms with Gasteiger partial charge in [-0.05, 0) is 17.7 Å². The summed E-state index contributed by atoms with van der Waals surface area (Å²) in [5, 5.41) is 8.75. The van der Waals surface area contributed by atoms with Crippen molar-refractivity contribution >= 4 is 6.29 Å². The second kappa shape index (κ2) is 4.80. The maximum absolute atomic E-state index is 10.9. The molecule has 0 saturated heterocycles. The fraction of sp³-hybridized carbons (Fsp3) is 0.385. The van der Waals surface area contributed by atoms with Crippen molar-refractivity contribution in [3.63, 3.8) is 0 Å². The summed E-state index contributed by atoms with van der Waals surface area (Å²) in [4.78, 5) is 10.9. The van der Waals surface area contributed by atoms with Gasteiger partial charge in [-0.25, -0.2) is 0 Å². The van der Waals surface area contributed by atoms with Gasteiger partial charge in [0.1, 0.15) is 5.75 Å². The number of rotatable bonds is 4. The highest BCUT2D eigenvalue weighted by atomic mass is 16.5. The Balaban J connectivity index is 3.18. The van der Waals surface area contributed by atoms with Gasteiger partial charge >= 0.3 is 0 Å². The van der Waals surface area contributed by atoms with E-state index in [0.717, 1.165) is 11.8 Å². The molecule has 84 valence electrons. The molecule has 0 heterocycles. The van der Waals surface area contributed by atoms with Gasteiger partial charge in [-0.2, -0.15) is 5.26 Å². The predicted octanol–water partition coefficient (Wildman–Crippen LogP) is 2.70. The normalized spacial score (nSPS) is 10.6. The molecule has 0 aliphatic rings. The molecule has 1 rings (SSSR count). The van der Waals surface area contributed by atoms with Gasteiger partial charge in [-0.15, -0.1) is 0 Å². The van der Waals surface area contributed by atoms with Crippen LogP contribution in [0.1, 0.15) is 36.2 Å². The van der Waals surface area contributed by atoms with Crippen LogP contribution in [0.15, 0.2) is 18.2 Å². The monoisotopic (exact) mass is 217 g/mol. The van der Waals surface area contributed by atoms with Gasteiger partial charge in [0.15, 0.2) is 6.29 Å². The van der Waals surface area contributed by atoms with E-state index in [1.165, 1.54) is 7.11 Å². The van der Waals surface area contributed by atoms with Gasteiger partial charge in [0.2, 0.25) is 0 Å². The van der Waals surface area contributed by atoms with Crippen molar-refractivity contribution in [1.82, 2.24) is 0 Å². The van der Waals surface area contributed by atoms with E-state index in [1.54, 1.807) is 12.1 Å². The molecule has 3 nitrogen and oxygen atoms in total. The third kappa shape index (κ3) is 2.40. The number of carbonyl (C=O) groups is 1. The minimum absolute atomic E-state index is 0.251. The van der Waals surface area contributed by atoms with Gasteiger partial charge < -0.3 is 4.74 Å². The molecule has 16 heavy (non-hydrogen) atoms. The van der Waals surface area contributed by atoms with Gasteiger partial charge in [0.05, 0.1) is 18.7 Å². The van der Waals surface area contributed by atoms with Crippen LogP contribution in [0.2, 0.25) is 0 Å². The first-order valence-corrected chi connectivity index (χ1v) is 5.06. The van der Waals surface area contributed by atoms with Crippen molar-refractivity contribution < 1.29 is 9.53 Å². The number of aldehydes is 1. The molecule has 0 spiro atoms. The summed E-state index contributed by atoms with van der Waals surface area (Å²) < 4.78 is 5.07. The standard InChI is InChI=1S/C13H15NO2/c1-13(2,6-7-14)11-4-5-12(16-3)10(8-11)9-15/h4-5,8-9H,6H2,1-3H3. The van der Waals surface area contributed by atoms with Crippen molar-refractivity contribution in [2.75, 3.05) is 7.11 Å². The Labute approximate surface area is 95.7 Å². The Morgan fingerprint density at radius 3 is 2.69 bits per heavy atom. The summed E-state index contributed by atoms with van der Waals surface area (Å²) in [5.41, 5.74) is 1.24. The molecule has 0 radical (unpaired) electrons. The van der Waals surface area contributed by atoms with Crippen LogP contribution in [-0.2, 0) is 5.41 Å². The predicted molar refractivity (Wildman–Crippen MR) is 61.6 cm³/mol. The second-order valence-electron chi connectivity index (χ2n) is 4.29. The van der Waals surface area contributed by atoms with E-state index in [4.69, 9.17) is 10.00 Å². The Kier molecular flexibility index (Phi) is 3.68. The molecular weight excluding hydrogens is 202 g/mol. The van der Waals surface area contributed by atoms with E-state index >= 15 is 0 Å². The number of carbonyl (C=O) groups excluding carboxylic acids is 1. The summed E-state index contributed by atoms with van der Waals surface area (Å²) in [6, 6.07) is 7.59. The van der Waals surface area contributed by atoms with E-state index in [-0.39, 0.29) is 5.41 Å². The first-order valence-electron chi connectivity index (χ1n) is 5.06. The topological polar surface area (TPSA) is 50.1 Å². The zero-order valence-corrected chi connectivity index (χ0v) is 9.78. The highest BCUT2D eigenvalue weighted by Gasteiger charge is 2.21. The number of nitrogens with zero attached hydrogens (tertiary/aromatic N) is 1. The van der Waals surface area contributed by atoms with Crippen LogP contribution in [0.5, 0.6) is 5.75 Å². The molecular formula is C13H15NO2. The molecule has 0 aliphatic carbocycles. The van der Waals surface area contributed by atoms with E-state index in [9.17, 15) is 4.79 Å². The molecule has 0 N–H and O–H groups in total. The first-order chi connectivity index (χ1) is 7.55. The molecule has 0 bridgehead atoms. The quantitative estimate of drug-likeness (QED) is 0.728. The molecule has 0 saturated carbocycles. The molecule has 0 atom stereocenters. The Bertz CT molecular complexity index is 430. The van der Waals surface area contributed by atoms with Crippen LogP contribution < -0.4 is 4.74 Å². The highest BCUT2D eigenvalue weighted by molar-refractivity contribution is 5.79. The summed E-state index contributed by atoms with van der Waals surface area (Å²) in [6.07, 6.45) is 1.18. The average molecular weight is 217 g/mol. The SMILES string of the molecule is COc1ccc(C(C)(C)CC#N)cc1C=O. The van der Waals surface area contributed by atoms with E-state index in [0.29, 0.717) is 17.7 Å². The lowest BCUT2D eigenvalue weighted by Crippen LogP contribution is -2.16. The minimum atomic E-state index is -0.251. The fourth-order valence-corrected chi connectivity index (χ4v) is 1.55. The molecule has 1 aromatic rings. The van der Waals surface area contributed by atoms with E-state index in [1.807, 2.05) is 19.9 Å². The molecule has 3 heteroatoms. The van der Waals surface area contributed by atoms with Crippen molar-refractivity contribution in [3.8, 4) is 11.8 Å². The van der Waals surface area contributed by atoms with Crippen LogP contribution in [0.3, 0.4) is 0 Å². The number of methoxy groups -OCH3 is 1. The lowest BCUT2D eigenvalue weighted by Gasteiger charge is -2.22. The van der Waals surface area contributed by atoms with E-state index < -0.39 is 0 Å². The Morgan fingerprint density at radius 2 is 2.19 bits per heavy atom. The molecule has 0 amide bonds. The Morgan fingerprint density at radius 1 is 1.50 bits per heavy atom. The van der Waals surface area contributed by atoms with Crippen LogP contribution in [-0.4, -0.2) is 13.4 Å². The number of hydrogen-bond acceptors (Lipinski definition) is 3. The maximum atomic E-state index is 10.9. The number of ether oxygens (including phenoxy) is 1. The zero-order valence-electron chi connectivity index (χ0n) is 9.78. The van der Waals surface area contributed by atoms with Crippen molar-refractivity contribution in [1.29, 1.82) is 5.26 Å². The third-order valence-electron chi connectivity index (χ3n) is 2.66. The Hall–Kier alpha value is -1.82. The summed E-state index contributed by atoms with van der Waals surface area (Å²) in [6.45, 7) is 3.96. The molecule has 0 fully saturated rings. The van der Waals surface area contributed by atoms with Crippen molar-refractivity contribution in [3.05, 3.63) is 29.3 Å². The van der Waals surface area contributed by atoms with Crippen LogP contribution in [0, 0.1) is 11.3 Å². The van der Waals surface area contributed by atoms with Crippen molar-refractivity contribution in [2.45, 2.75) is 25.7 Å². The average Bonchev–Trinajstić information content (AvgIpc) is 2.28. The highest BCUT2D eigenvalue weighted by Crippen LogP contribution is 2.29. The van der Waals surface area contributed by atoms with Gasteiger partial charge in [0.25, 0.3) is 0 Å². The van der Waals surface area contributed by atoms with Gasteiger partial charge in [-0.1, -0.05) is 19.9 Å². The largest absolute Gasteiger partial charge is 0.496 e. The van der Waals surface area contributed by atoms with Gasteiger partial charge in [-0.3, -0.25) is 4.79 Å². The lowest BCUT2D eigenvalue weighted by atomic mass is 9.81. The van der Waals surface area contributed by atoms with Crippen LogP contribution >= 0.6 is 0 Å². The number of benzene rings is 1.